The Balaban J connectivity index is 1.46. The van der Waals surface area contributed by atoms with Gasteiger partial charge in [0.05, 0.1) is 23.3 Å². The van der Waals surface area contributed by atoms with Gasteiger partial charge in [0.2, 0.25) is 0 Å². The van der Waals surface area contributed by atoms with Crippen molar-refractivity contribution in [2.75, 3.05) is 39.4 Å². The molecule has 2 amide bonds. The Hall–Kier alpha value is -7.56. The van der Waals surface area contributed by atoms with Gasteiger partial charge in [-0.3, -0.25) is 9.59 Å². The van der Waals surface area contributed by atoms with E-state index >= 15 is 0 Å². The molecule has 8 bridgehead atoms. The molecule has 6 aromatic carbocycles. The molecule has 336 valence electrons. The van der Waals surface area contributed by atoms with E-state index in [1.165, 1.54) is 0 Å². The van der Waals surface area contributed by atoms with Gasteiger partial charge in [0.1, 0.15) is 36.2 Å². The van der Waals surface area contributed by atoms with Gasteiger partial charge in [-0.05, 0) is 85.3 Å². The zero-order chi connectivity index (χ0) is 46.4. The van der Waals surface area contributed by atoms with Crippen LogP contribution in [0.3, 0.4) is 0 Å². The molecule has 10 nitrogen and oxygen atoms in total. The van der Waals surface area contributed by atoms with Crippen LogP contribution in [0, 0.1) is 22.7 Å². The van der Waals surface area contributed by atoms with Crippen LogP contribution in [0.15, 0.2) is 121 Å². The number of fused-ring (bicyclic) bond motifs is 8. The normalized spacial score (nSPS) is 11.7. The van der Waals surface area contributed by atoms with Crippen molar-refractivity contribution >= 4 is 11.8 Å². The second-order valence-corrected chi connectivity index (χ2v) is 16.2. The van der Waals surface area contributed by atoms with E-state index in [-0.39, 0.29) is 38.2 Å². The first-order valence-corrected chi connectivity index (χ1v) is 22.7. The average molecular weight is 881 g/mol. The third-order valence-electron chi connectivity index (χ3n) is 12.0. The van der Waals surface area contributed by atoms with Crippen molar-refractivity contribution in [3.8, 4) is 35.1 Å². The lowest BCUT2D eigenvalue weighted by molar-refractivity contribution is -0.133. The second-order valence-electron chi connectivity index (χ2n) is 16.2. The summed E-state index contributed by atoms with van der Waals surface area (Å²) in [6.07, 6.45) is 1.21. The van der Waals surface area contributed by atoms with E-state index < -0.39 is 0 Å². The molecule has 0 unspecified atom stereocenters. The van der Waals surface area contributed by atoms with Gasteiger partial charge in [0, 0.05) is 74.1 Å². The maximum absolute atomic E-state index is 13.6. The van der Waals surface area contributed by atoms with Crippen molar-refractivity contribution in [3.05, 3.63) is 188 Å². The molecule has 0 saturated carbocycles. The number of hydrogen-bond acceptors (Lipinski definition) is 8. The number of hydrogen-bond donors (Lipinski definition) is 0. The van der Waals surface area contributed by atoms with Crippen LogP contribution in [-0.4, -0.2) is 61.0 Å². The Labute approximate surface area is 388 Å². The minimum Gasteiger partial charge on any atom is -0.488 e. The van der Waals surface area contributed by atoms with Crippen molar-refractivity contribution in [1.82, 2.24) is 9.80 Å². The smallest absolute Gasteiger partial charge is 0.260 e. The lowest BCUT2D eigenvalue weighted by Crippen LogP contribution is -2.34. The summed E-state index contributed by atoms with van der Waals surface area (Å²) in [6.45, 7) is 10.2. The molecule has 0 radical (unpaired) electrons. The predicted molar refractivity (Wildman–Crippen MR) is 255 cm³/mol. The summed E-state index contributed by atoms with van der Waals surface area (Å²) in [6, 6.07) is 44.0. The maximum Gasteiger partial charge on any atom is 0.260 e. The van der Waals surface area contributed by atoms with Crippen LogP contribution < -0.4 is 18.9 Å². The fourth-order valence-corrected chi connectivity index (χ4v) is 8.62. The third-order valence-corrected chi connectivity index (χ3v) is 12.0. The summed E-state index contributed by atoms with van der Waals surface area (Å²) < 4.78 is 26.9. The van der Waals surface area contributed by atoms with Gasteiger partial charge >= 0.3 is 0 Å². The summed E-state index contributed by atoms with van der Waals surface area (Å²) in [5.41, 5.74) is 9.09. The Morgan fingerprint density at radius 1 is 0.439 bits per heavy atom. The Kier molecular flexibility index (Phi) is 15.7. The largest absolute Gasteiger partial charge is 0.488 e. The highest BCUT2D eigenvalue weighted by molar-refractivity contribution is 5.78. The van der Waals surface area contributed by atoms with Crippen LogP contribution in [-0.2, 0) is 48.5 Å². The molecule has 10 heteroatoms. The number of likely N-dealkylation sites (N-methyl/N-ethyl adjacent to an activating group) is 2. The zero-order valence-electron chi connectivity index (χ0n) is 38.3. The molecule has 0 saturated heterocycles. The second kappa shape index (κ2) is 22.4. The van der Waals surface area contributed by atoms with Gasteiger partial charge in [-0.1, -0.05) is 97.1 Å². The molecule has 1 aliphatic rings. The Bertz CT molecular complexity index is 2450. The summed E-state index contributed by atoms with van der Waals surface area (Å²) in [7, 11) is 0. The van der Waals surface area contributed by atoms with E-state index in [0.717, 1.165) is 55.6 Å². The van der Waals surface area contributed by atoms with E-state index in [4.69, 9.17) is 18.9 Å². The van der Waals surface area contributed by atoms with Crippen LogP contribution in [0.1, 0.15) is 94.5 Å². The van der Waals surface area contributed by atoms with Crippen LogP contribution >= 0.6 is 0 Å². The number of carbonyl (C=O) groups is 2. The summed E-state index contributed by atoms with van der Waals surface area (Å²) in [4.78, 5) is 30.6. The number of rotatable bonds is 16. The number of nitrogens with zero attached hydrogens (tertiary/aromatic N) is 4. The minimum atomic E-state index is -0.183. The molecule has 0 heterocycles. The lowest BCUT2D eigenvalue weighted by Gasteiger charge is -2.24. The minimum absolute atomic E-state index is 0.138. The molecule has 6 aromatic rings. The van der Waals surface area contributed by atoms with Crippen molar-refractivity contribution in [2.24, 2.45) is 0 Å². The molecule has 7 rings (SSSR count). The fraction of sp³-hybridized carbons (Fsp3) is 0.286. The van der Waals surface area contributed by atoms with Gasteiger partial charge in [-0.25, -0.2) is 0 Å². The van der Waals surface area contributed by atoms with Gasteiger partial charge < -0.3 is 28.7 Å². The van der Waals surface area contributed by atoms with Crippen LogP contribution in [0.2, 0.25) is 0 Å². The van der Waals surface area contributed by atoms with Crippen LogP contribution in [0.25, 0.3) is 0 Å². The molecule has 0 fully saturated rings. The van der Waals surface area contributed by atoms with E-state index in [0.29, 0.717) is 86.0 Å². The fourth-order valence-electron chi connectivity index (χ4n) is 8.62. The van der Waals surface area contributed by atoms with E-state index in [2.05, 4.69) is 12.1 Å². The van der Waals surface area contributed by atoms with Gasteiger partial charge in [-0.15, -0.1) is 0 Å². The predicted octanol–water partition coefficient (Wildman–Crippen LogP) is 9.76. The Morgan fingerprint density at radius 2 is 0.742 bits per heavy atom. The van der Waals surface area contributed by atoms with E-state index in [9.17, 15) is 20.1 Å². The molecule has 0 spiro atoms. The maximum atomic E-state index is 13.6. The number of carbonyl (C=O) groups excluding carboxylic acids is 2. The van der Waals surface area contributed by atoms with Crippen molar-refractivity contribution < 1.29 is 28.5 Å². The number of benzene rings is 6. The first-order valence-electron chi connectivity index (χ1n) is 22.7. The standard InChI is InChI=1S/C56H56N4O6/c1-5-59(6-2)51(61)37-65-55-47-25-41(33-57)26-48(55)30-44-22-16-24-46(54(44)64-36-40-19-13-10-14-20-40)32-50-28-42(34-58)27-49(56(50)66-38-52(62)60(7-3)8-4)31-45-23-15-21-43(29-47)53(45)63-35-39-17-11-9-12-18-39/h9-28H,5-8,29-32,35-38H2,1-4H3. The van der Waals surface area contributed by atoms with Gasteiger partial charge in [0.15, 0.2) is 13.2 Å². The number of nitriles is 2. The molecule has 66 heavy (non-hydrogen) atoms. The molecule has 0 aliphatic heterocycles. The molecule has 0 atom stereocenters. The molecule has 0 aromatic heterocycles. The van der Waals surface area contributed by atoms with E-state index in [1.54, 1.807) is 9.80 Å². The SMILES string of the molecule is CCN(CC)C(=O)COc1c2cc(C#N)cc1Cc1cccc(c1OCc1ccccc1)Cc1cc(C#N)cc(c1OCC(=O)N(CC)CC)Cc1cccc(c1OCc1ccccc1)C2. The quantitative estimate of drug-likeness (QED) is 0.0940. The first kappa shape index (κ1) is 46.4. The Morgan fingerprint density at radius 3 is 1.03 bits per heavy atom. The van der Waals surface area contributed by atoms with Crippen LogP contribution in [0.5, 0.6) is 23.0 Å². The summed E-state index contributed by atoms with van der Waals surface area (Å²) >= 11 is 0. The van der Waals surface area contributed by atoms with Gasteiger partial charge in [-0.2, -0.15) is 10.5 Å². The zero-order valence-corrected chi connectivity index (χ0v) is 38.3. The van der Waals surface area contributed by atoms with Crippen molar-refractivity contribution in [1.29, 1.82) is 10.5 Å². The summed E-state index contributed by atoms with van der Waals surface area (Å²) in [5, 5.41) is 21.0. The van der Waals surface area contributed by atoms with Crippen molar-refractivity contribution in [3.63, 3.8) is 0 Å². The van der Waals surface area contributed by atoms with Crippen molar-refractivity contribution in [2.45, 2.75) is 66.6 Å². The lowest BCUT2D eigenvalue weighted by atomic mass is 9.90. The summed E-state index contributed by atoms with van der Waals surface area (Å²) in [5.74, 6) is 2.05. The monoisotopic (exact) mass is 880 g/mol. The first-order chi connectivity index (χ1) is 32.2. The third kappa shape index (κ3) is 11.2. The van der Waals surface area contributed by atoms with E-state index in [1.807, 2.05) is 149 Å². The number of amides is 2. The number of para-hydroxylation sites is 2. The average Bonchev–Trinajstić information content (AvgIpc) is 3.34. The topological polar surface area (TPSA) is 125 Å². The molecule has 1 aliphatic carbocycles. The highest BCUT2D eigenvalue weighted by Crippen LogP contribution is 2.40. The number of ether oxygens (including phenoxy) is 4. The van der Waals surface area contributed by atoms with Gasteiger partial charge in [0.25, 0.3) is 11.8 Å². The molecular weight excluding hydrogens is 825 g/mol. The molecular formula is C56H56N4O6. The highest BCUT2D eigenvalue weighted by atomic mass is 16.5. The highest BCUT2D eigenvalue weighted by Gasteiger charge is 2.25. The van der Waals surface area contributed by atoms with Crippen LogP contribution in [0.4, 0.5) is 0 Å². The molecule has 0 N–H and O–H groups in total.